The van der Waals surface area contributed by atoms with E-state index in [-0.39, 0.29) is 5.38 Å². The second-order valence-electron chi connectivity index (χ2n) is 2.70. The lowest BCUT2D eigenvalue weighted by Crippen LogP contribution is -1.94. The number of halogens is 1. The van der Waals surface area contributed by atoms with E-state index >= 15 is 0 Å². The van der Waals surface area contributed by atoms with Gasteiger partial charge in [0.05, 0.1) is 5.69 Å². The van der Waals surface area contributed by atoms with Crippen molar-refractivity contribution in [2.45, 2.75) is 25.1 Å². The van der Waals surface area contributed by atoms with E-state index in [0.717, 1.165) is 18.5 Å². The third-order valence-electron chi connectivity index (χ3n) is 1.45. The number of alkyl halides is 1. The predicted molar refractivity (Wildman–Crippen MR) is 44.6 cm³/mol. The lowest BCUT2D eigenvalue weighted by Gasteiger charge is -1.97. The highest BCUT2D eigenvalue weighted by Gasteiger charge is 2.00. The Hall–Kier alpha value is -0.570. The van der Waals surface area contributed by atoms with Gasteiger partial charge in [0.25, 0.3) is 0 Å². The van der Waals surface area contributed by atoms with Crippen molar-refractivity contribution in [1.82, 2.24) is 15.0 Å². The molecule has 62 valence electrons. The molecule has 3 nitrogen and oxygen atoms in total. The van der Waals surface area contributed by atoms with Crippen molar-refractivity contribution in [2.75, 3.05) is 0 Å². The molecule has 0 amide bonds. The van der Waals surface area contributed by atoms with Crippen LogP contribution in [0.5, 0.6) is 0 Å². The second-order valence-corrected chi connectivity index (χ2v) is 3.45. The van der Waals surface area contributed by atoms with E-state index in [2.05, 4.69) is 10.3 Å². The summed E-state index contributed by atoms with van der Waals surface area (Å²) in [5, 5.41) is 7.98. The van der Waals surface area contributed by atoms with Gasteiger partial charge in [0.2, 0.25) is 0 Å². The first kappa shape index (κ1) is 8.53. The van der Waals surface area contributed by atoms with Crippen molar-refractivity contribution in [3.63, 3.8) is 0 Å². The van der Waals surface area contributed by atoms with Crippen LogP contribution in [-0.4, -0.2) is 20.4 Å². The monoisotopic (exact) mass is 173 g/mol. The lowest BCUT2D eigenvalue weighted by molar-refractivity contribution is 0.711. The molecule has 0 fully saturated rings. The maximum Gasteiger partial charge on any atom is 0.0827 e. The van der Waals surface area contributed by atoms with Crippen LogP contribution in [0.2, 0.25) is 0 Å². The van der Waals surface area contributed by atoms with E-state index in [1.807, 2.05) is 20.2 Å². The fraction of sp³-hybridized carbons (Fsp3) is 0.714. The quantitative estimate of drug-likeness (QED) is 0.647. The molecule has 0 aliphatic carbocycles. The van der Waals surface area contributed by atoms with Crippen LogP contribution in [0.1, 0.15) is 19.0 Å². The molecule has 1 heterocycles. The summed E-state index contributed by atoms with van der Waals surface area (Å²) < 4.78 is 1.70. The maximum atomic E-state index is 5.78. The highest BCUT2D eigenvalue weighted by Crippen LogP contribution is 2.05. The molecule has 0 saturated carbocycles. The molecule has 0 bridgehead atoms. The first-order valence-corrected chi connectivity index (χ1v) is 4.11. The number of hydrogen-bond donors (Lipinski definition) is 0. The lowest BCUT2D eigenvalue weighted by atomic mass is 10.2. The molecule has 1 aromatic rings. The van der Waals surface area contributed by atoms with E-state index in [1.54, 1.807) is 4.68 Å². The highest BCUT2D eigenvalue weighted by molar-refractivity contribution is 6.20. The molecule has 0 N–H and O–H groups in total. The topological polar surface area (TPSA) is 30.7 Å². The molecule has 1 unspecified atom stereocenters. The predicted octanol–water partition coefficient (Wildman–Crippen LogP) is 1.38. The molecular weight excluding hydrogens is 162 g/mol. The summed E-state index contributed by atoms with van der Waals surface area (Å²) >= 11 is 5.78. The summed E-state index contributed by atoms with van der Waals surface area (Å²) in [5.41, 5.74) is 1.01. The van der Waals surface area contributed by atoms with E-state index in [4.69, 9.17) is 11.6 Å². The average Bonchev–Trinajstić information content (AvgIpc) is 2.31. The molecule has 11 heavy (non-hydrogen) atoms. The minimum Gasteiger partial charge on any atom is -0.255 e. The smallest absolute Gasteiger partial charge is 0.0827 e. The standard InChI is InChI=1S/C7H12ClN3/c1-6(8)3-4-7-5-11(2)10-9-7/h5-6H,3-4H2,1-2H3. The Labute approximate surface area is 71.4 Å². The molecule has 0 aliphatic heterocycles. The minimum absolute atomic E-state index is 0.219. The van der Waals surface area contributed by atoms with Gasteiger partial charge in [0.15, 0.2) is 0 Å². The van der Waals surface area contributed by atoms with Crippen LogP contribution in [0, 0.1) is 0 Å². The van der Waals surface area contributed by atoms with Crippen molar-refractivity contribution >= 4 is 11.6 Å². The zero-order chi connectivity index (χ0) is 8.27. The van der Waals surface area contributed by atoms with Gasteiger partial charge in [-0.2, -0.15) is 0 Å². The minimum atomic E-state index is 0.219. The molecule has 1 aromatic heterocycles. The van der Waals surface area contributed by atoms with Crippen LogP contribution in [0.25, 0.3) is 0 Å². The summed E-state index contributed by atoms with van der Waals surface area (Å²) in [7, 11) is 1.86. The van der Waals surface area contributed by atoms with Gasteiger partial charge in [-0.05, 0) is 19.8 Å². The van der Waals surface area contributed by atoms with Crippen LogP contribution >= 0.6 is 11.6 Å². The number of aromatic nitrogens is 3. The van der Waals surface area contributed by atoms with Gasteiger partial charge in [0.1, 0.15) is 0 Å². The Kier molecular flexibility index (Phi) is 2.88. The van der Waals surface area contributed by atoms with Crippen LogP contribution in [-0.2, 0) is 13.5 Å². The van der Waals surface area contributed by atoms with E-state index in [1.165, 1.54) is 0 Å². The normalized spacial score (nSPS) is 13.4. The molecule has 0 spiro atoms. The second kappa shape index (κ2) is 3.72. The largest absolute Gasteiger partial charge is 0.255 e. The maximum absolute atomic E-state index is 5.78. The summed E-state index contributed by atoms with van der Waals surface area (Å²) in [5.74, 6) is 0. The first-order chi connectivity index (χ1) is 5.18. The van der Waals surface area contributed by atoms with E-state index in [0.29, 0.717) is 0 Å². The number of rotatable bonds is 3. The molecule has 0 saturated heterocycles. The van der Waals surface area contributed by atoms with Gasteiger partial charge in [-0.3, -0.25) is 4.68 Å². The third kappa shape index (κ3) is 2.89. The Balaban J connectivity index is 2.39. The molecule has 1 atom stereocenters. The zero-order valence-electron chi connectivity index (χ0n) is 6.79. The number of aryl methyl sites for hydroxylation is 2. The number of hydrogen-bond acceptors (Lipinski definition) is 2. The van der Waals surface area contributed by atoms with E-state index < -0.39 is 0 Å². The first-order valence-electron chi connectivity index (χ1n) is 3.68. The SMILES string of the molecule is CC(Cl)CCc1cn(C)nn1. The Morgan fingerprint density at radius 2 is 2.45 bits per heavy atom. The van der Waals surface area contributed by atoms with Gasteiger partial charge in [-0.15, -0.1) is 16.7 Å². The average molecular weight is 174 g/mol. The summed E-state index contributed by atoms with van der Waals surface area (Å²) in [6.45, 7) is 1.98. The van der Waals surface area contributed by atoms with Crippen molar-refractivity contribution in [2.24, 2.45) is 7.05 Å². The van der Waals surface area contributed by atoms with Gasteiger partial charge < -0.3 is 0 Å². The van der Waals surface area contributed by atoms with Crippen molar-refractivity contribution in [3.05, 3.63) is 11.9 Å². The fourth-order valence-electron chi connectivity index (χ4n) is 0.857. The molecule has 1 rings (SSSR count). The summed E-state index contributed by atoms with van der Waals surface area (Å²) in [4.78, 5) is 0. The van der Waals surface area contributed by atoms with Gasteiger partial charge in [0, 0.05) is 18.6 Å². The molecule has 0 aromatic carbocycles. The van der Waals surface area contributed by atoms with Crippen molar-refractivity contribution in [3.8, 4) is 0 Å². The van der Waals surface area contributed by atoms with Crippen molar-refractivity contribution < 1.29 is 0 Å². The van der Waals surface area contributed by atoms with Crippen LogP contribution < -0.4 is 0 Å². The highest BCUT2D eigenvalue weighted by atomic mass is 35.5. The van der Waals surface area contributed by atoms with Gasteiger partial charge in [-0.1, -0.05) is 5.21 Å². The van der Waals surface area contributed by atoms with Crippen LogP contribution in [0.3, 0.4) is 0 Å². The van der Waals surface area contributed by atoms with Crippen molar-refractivity contribution in [1.29, 1.82) is 0 Å². The van der Waals surface area contributed by atoms with Crippen LogP contribution in [0.4, 0.5) is 0 Å². The van der Waals surface area contributed by atoms with Gasteiger partial charge >= 0.3 is 0 Å². The summed E-state index contributed by atoms with van der Waals surface area (Å²) in [6.07, 6.45) is 3.79. The molecule has 4 heteroatoms. The molecule has 0 aliphatic rings. The zero-order valence-corrected chi connectivity index (χ0v) is 7.54. The Morgan fingerprint density at radius 1 is 1.73 bits per heavy atom. The van der Waals surface area contributed by atoms with Crippen LogP contribution in [0.15, 0.2) is 6.20 Å². The third-order valence-corrected chi connectivity index (χ3v) is 1.67. The van der Waals surface area contributed by atoms with Gasteiger partial charge in [-0.25, -0.2) is 0 Å². The molecular formula is C7H12ClN3. The fourth-order valence-corrected chi connectivity index (χ4v) is 0.966. The van der Waals surface area contributed by atoms with E-state index in [9.17, 15) is 0 Å². The number of nitrogens with zero attached hydrogens (tertiary/aromatic N) is 3. The summed E-state index contributed by atoms with van der Waals surface area (Å²) in [6, 6.07) is 0. The Morgan fingerprint density at radius 3 is 2.91 bits per heavy atom. The Bertz CT molecular complexity index is 219. The molecule has 0 radical (unpaired) electrons.